The Morgan fingerprint density at radius 2 is 1.96 bits per heavy atom. The van der Waals surface area contributed by atoms with Crippen LogP contribution >= 0.6 is 27.7 Å². The molecule has 1 saturated heterocycles. The van der Waals surface area contributed by atoms with Gasteiger partial charge in [-0.2, -0.15) is 5.10 Å². The zero-order valence-corrected chi connectivity index (χ0v) is 18.2. The van der Waals surface area contributed by atoms with Gasteiger partial charge >= 0.3 is 0 Å². The highest BCUT2D eigenvalue weighted by molar-refractivity contribution is 9.10. The van der Waals surface area contributed by atoms with Crippen LogP contribution in [-0.4, -0.2) is 46.9 Å². The Morgan fingerprint density at radius 1 is 1.18 bits per heavy atom. The van der Waals surface area contributed by atoms with Gasteiger partial charge in [-0.15, -0.1) is 11.8 Å². The molecule has 5 rings (SSSR count). The Labute approximate surface area is 177 Å². The minimum absolute atomic E-state index is 0.0651. The van der Waals surface area contributed by atoms with Gasteiger partial charge in [0.1, 0.15) is 0 Å². The van der Waals surface area contributed by atoms with Crippen molar-refractivity contribution >= 4 is 33.6 Å². The molecule has 0 radical (unpaired) electrons. The van der Waals surface area contributed by atoms with Gasteiger partial charge in [0.15, 0.2) is 5.69 Å². The summed E-state index contributed by atoms with van der Waals surface area (Å²) in [5.74, 6) is 0.868. The fourth-order valence-electron chi connectivity index (χ4n) is 4.53. The van der Waals surface area contributed by atoms with Crippen LogP contribution in [0.25, 0.3) is 11.3 Å². The van der Waals surface area contributed by atoms with Crippen molar-refractivity contribution in [1.82, 2.24) is 14.7 Å². The number of amides is 1. The van der Waals surface area contributed by atoms with Gasteiger partial charge < -0.3 is 9.64 Å². The third kappa shape index (κ3) is 3.31. The molecule has 2 fully saturated rings. The Hall–Kier alpha value is -1.31. The summed E-state index contributed by atoms with van der Waals surface area (Å²) in [5.41, 5.74) is 4.16. The summed E-state index contributed by atoms with van der Waals surface area (Å²) in [7, 11) is 0. The maximum absolute atomic E-state index is 13.3. The Morgan fingerprint density at radius 3 is 2.75 bits per heavy atom. The third-order valence-electron chi connectivity index (χ3n) is 6.00. The van der Waals surface area contributed by atoms with Crippen LogP contribution in [0.15, 0.2) is 27.6 Å². The lowest BCUT2D eigenvalue weighted by molar-refractivity contribution is 0.0297. The zero-order chi connectivity index (χ0) is 19.1. The first-order chi connectivity index (χ1) is 13.7. The molecule has 28 heavy (non-hydrogen) atoms. The molecule has 1 aromatic heterocycles. The van der Waals surface area contributed by atoms with Gasteiger partial charge in [-0.3, -0.25) is 9.48 Å². The van der Waals surface area contributed by atoms with Gasteiger partial charge in [0.25, 0.3) is 5.91 Å². The van der Waals surface area contributed by atoms with Crippen molar-refractivity contribution < 1.29 is 9.53 Å². The number of thioether (sulfide) groups is 1. The van der Waals surface area contributed by atoms with E-state index in [1.54, 1.807) is 11.8 Å². The number of nitrogens with zero attached hydrogens (tertiary/aromatic N) is 3. The number of halogens is 1. The van der Waals surface area contributed by atoms with Gasteiger partial charge in [-0.25, -0.2) is 0 Å². The van der Waals surface area contributed by atoms with Crippen molar-refractivity contribution in [1.29, 1.82) is 0 Å². The van der Waals surface area contributed by atoms with E-state index < -0.39 is 0 Å². The lowest BCUT2D eigenvalue weighted by atomic mass is 9.95. The second-order valence-corrected chi connectivity index (χ2v) is 9.68. The van der Waals surface area contributed by atoms with Crippen LogP contribution in [0.5, 0.6) is 0 Å². The molecule has 148 valence electrons. The van der Waals surface area contributed by atoms with Crippen molar-refractivity contribution in [3.8, 4) is 11.3 Å². The highest BCUT2D eigenvalue weighted by Crippen LogP contribution is 2.46. The molecule has 1 saturated carbocycles. The smallest absolute Gasteiger partial charge is 0.274 e. The summed E-state index contributed by atoms with van der Waals surface area (Å²) < 4.78 is 8.72. The van der Waals surface area contributed by atoms with Crippen LogP contribution in [0.4, 0.5) is 0 Å². The molecule has 2 aliphatic heterocycles. The van der Waals surface area contributed by atoms with Crippen molar-refractivity contribution in [2.24, 2.45) is 0 Å². The first kappa shape index (κ1) is 18.7. The molecular weight excluding hydrogens is 438 g/mol. The normalized spacial score (nSPS) is 20.0. The van der Waals surface area contributed by atoms with Gasteiger partial charge in [0.05, 0.1) is 24.9 Å². The largest absolute Gasteiger partial charge is 0.378 e. The van der Waals surface area contributed by atoms with Crippen molar-refractivity contribution in [3.63, 3.8) is 0 Å². The van der Waals surface area contributed by atoms with Crippen molar-refractivity contribution in [2.75, 3.05) is 26.3 Å². The minimum atomic E-state index is 0.0651. The molecule has 0 unspecified atom stereocenters. The lowest BCUT2D eigenvalue weighted by Gasteiger charge is -2.26. The summed E-state index contributed by atoms with van der Waals surface area (Å²) in [6.45, 7) is 2.53. The Balaban J connectivity index is 1.61. The summed E-state index contributed by atoms with van der Waals surface area (Å²) in [5, 5.41) is 4.97. The van der Waals surface area contributed by atoms with Crippen LogP contribution in [0.3, 0.4) is 0 Å². The summed E-state index contributed by atoms with van der Waals surface area (Å²) in [6.07, 6.45) is 6.09. The quantitative estimate of drug-likeness (QED) is 0.638. The molecule has 0 atom stereocenters. The van der Waals surface area contributed by atoms with Crippen LogP contribution in [0.2, 0.25) is 0 Å². The predicted octanol–water partition coefficient (Wildman–Crippen LogP) is 4.90. The van der Waals surface area contributed by atoms with Crippen molar-refractivity contribution in [3.05, 3.63) is 33.9 Å². The van der Waals surface area contributed by atoms with Crippen LogP contribution < -0.4 is 0 Å². The third-order valence-corrected chi connectivity index (χ3v) is 7.58. The van der Waals surface area contributed by atoms with E-state index in [9.17, 15) is 4.79 Å². The molecule has 0 N–H and O–H groups in total. The Kier molecular flexibility index (Phi) is 5.24. The number of carbonyl (C=O) groups is 1. The number of rotatable bonds is 2. The van der Waals surface area contributed by atoms with Gasteiger partial charge in [0.2, 0.25) is 0 Å². The van der Waals surface area contributed by atoms with E-state index in [1.165, 1.54) is 35.4 Å². The number of fused-ring (bicyclic) bond motifs is 3. The van der Waals surface area contributed by atoms with E-state index >= 15 is 0 Å². The number of carbonyl (C=O) groups excluding carboxylic acids is 1. The predicted molar refractivity (Wildman–Crippen MR) is 114 cm³/mol. The minimum Gasteiger partial charge on any atom is -0.378 e. The molecule has 2 aromatic rings. The number of hydrogen-bond acceptors (Lipinski definition) is 4. The molecule has 3 heterocycles. The van der Waals surface area contributed by atoms with Crippen LogP contribution in [-0.2, 0) is 10.5 Å². The first-order valence-corrected chi connectivity index (χ1v) is 11.9. The van der Waals surface area contributed by atoms with E-state index in [0.717, 1.165) is 28.6 Å². The van der Waals surface area contributed by atoms with Crippen molar-refractivity contribution in [2.45, 2.75) is 48.8 Å². The number of morpholine rings is 1. The maximum Gasteiger partial charge on any atom is 0.274 e. The van der Waals surface area contributed by atoms with Gasteiger partial charge in [-0.1, -0.05) is 41.3 Å². The molecule has 1 aromatic carbocycles. The number of benzene rings is 1. The summed E-state index contributed by atoms with van der Waals surface area (Å²) in [4.78, 5) is 16.5. The second-order valence-electron chi connectivity index (χ2n) is 7.75. The molecule has 5 nitrogen and oxygen atoms in total. The van der Waals surface area contributed by atoms with E-state index in [-0.39, 0.29) is 5.91 Å². The highest BCUT2D eigenvalue weighted by Gasteiger charge is 2.33. The molecular formula is C21H24BrN3O2S. The van der Waals surface area contributed by atoms with Gasteiger partial charge in [0, 0.05) is 39.3 Å². The molecule has 0 spiro atoms. The average Bonchev–Trinajstić information content (AvgIpc) is 3.14. The van der Waals surface area contributed by atoms with E-state index in [1.807, 2.05) is 4.90 Å². The van der Waals surface area contributed by atoms with E-state index in [2.05, 4.69) is 38.8 Å². The molecule has 7 heteroatoms. The van der Waals surface area contributed by atoms with Crippen LogP contribution in [0.1, 0.15) is 54.2 Å². The average molecular weight is 462 g/mol. The number of aromatic nitrogens is 2. The fourth-order valence-corrected chi connectivity index (χ4v) is 6.15. The topological polar surface area (TPSA) is 47.4 Å². The monoisotopic (exact) mass is 461 g/mol. The SMILES string of the molecule is O=C(c1nn(C2CCCCC2)c2c1CSc1cc(Br)ccc1-2)N1CCOCC1. The second kappa shape index (κ2) is 7.84. The highest BCUT2D eigenvalue weighted by atomic mass is 79.9. The van der Waals surface area contributed by atoms with Gasteiger partial charge in [-0.05, 0) is 25.0 Å². The fraction of sp³-hybridized carbons (Fsp3) is 0.524. The first-order valence-electron chi connectivity index (χ1n) is 10.1. The summed E-state index contributed by atoms with van der Waals surface area (Å²) >= 11 is 5.40. The molecule has 1 aliphatic carbocycles. The number of hydrogen-bond donors (Lipinski definition) is 0. The maximum atomic E-state index is 13.3. The molecule has 3 aliphatic rings. The van der Waals surface area contributed by atoms with Crippen LogP contribution in [0, 0.1) is 0 Å². The van der Waals surface area contributed by atoms with E-state index in [4.69, 9.17) is 9.84 Å². The van der Waals surface area contributed by atoms with E-state index in [0.29, 0.717) is 38.0 Å². The number of ether oxygens (including phenoxy) is 1. The Bertz CT molecular complexity index is 901. The zero-order valence-electron chi connectivity index (χ0n) is 15.8. The summed E-state index contributed by atoms with van der Waals surface area (Å²) in [6, 6.07) is 6.85. The lowest BCUT2D eigenvalue weighted by Crippen LogP contribution is -2.41. The standard InChI is InChI=1S/C21H24BrN3O2S/c22-14-6-7-16-18(12-14)28-13-17-19(21(26)24-8-10-27-11-9-24)23-25(20(16)17)15-4-2-1-3-5-15/h6-7,12,15H,1-5,8-11,13H2. The molecule has 1 amide bonds. The molecule has 0 bridgehead atoms.